The summed E-state index contributed by atoms with van der Waals surface area (Å²) in [6, 6.07) is 5.97. The minimum Gasteiger partial charge on any atom is -0.487 e. The molecule has 1 aromatic carbocycles. The molecule has 0 aliphatic rings. The second kappa shape index (κ2) is 6.37. The van der Waals surface area contributed by atoms with E-state index in [0.717, 1.165) is 22.4 Å². The zero-order chi connectivity index (χ0) is 15.6. The van der Waals surface area contributed by atoms with Crippen LogP contribution < -0.4 is 4.74 Å². The van der Waals surface area contributed by atoms with E-state index in [-0.39, 0.29) is 4.90 Å². The maximum Gasteiger partial charge on any atom is 0.261 e. The van der Waals surface area contributed by atoms with Crippen LogP contribution >= 0.6 is 26.6 Å². The third-order valence-electron chi connectivity index (χ3n) is 2.93. The molecule has 0 fully saturated rings. The molecule has 0 bridgehead atoms. The van der Waals surface area contributed by atoms with Crippen LogP contribution in [0.3, 0.4) is 0 Å². The van der Waals surface area contributed by atoms with Crippen molar-refractivity contribution in [1.82, 2.24) is 9.78 Å². The van der Waals surface area contributed by atoms with E-state index in [1.54, 1.807) is 12.1 Å². The van der Waals surface area contributed by atoms with Gasteiger partial charge in [0.05, 0.1) is 20.8 Å². The predicted molar refractivity (Wildman–Crippen MR) is 84.2 cm³/mol. The van der Waals surface area contributed by atoms with Gasteiger partial charge in [-0.1, -0.05) is 0 Å². The van der Waals surface area contributed by atoms with Gasteiger partial charge in [-0.05, 0) is 54.0 Å². The largest absolute Gasteiger partial charge is 0.487 e. The Morgan fingerprint density at radius 2 is 1.95 bits per heavy atom. The van der Waals surface area contributed by atoms with Crippen LogP contribution in [0.2, 0.25) is 0 Å². The lowest BCUT2D eigenvalue weighted by Crippen LogP contribution is -2.06. The number of aryl methyl sites for hydroxylation is 2. The van der Waals surface area contributed by atoms with Gasteiger partial charge in [0.25, 0.3) is 9.05 Å². The highest BCUT2D eigenvalue weighted by Crippen LogP contribution is 2.24. The molecule has 0 atom stereocenters. The van der Waals surface area contributed by atoms with E-state index in [4.69, 9.17) is 15.4 Å². The summed E-state index contributed by atoms with van der Waals surface area (Å²) >= 11 is 3.49. The minimum absolute atomic E-state index is 0.0483. The lowest BCUT2D eigenvalue weighted by molar-refractivity contribution is 0.291. The molecule has 0 saturated heterocycles. The van der Waals surface area contributed by atoms with Crippen LogP contribution in [0.25, 0.3) is 0 Å². The molecule has 0 N–H and O–H groups in total. The number of aromatic nitrogens is 2. The van der Waals surface area contributed by atoms with Crippen LogP contribution in [0.1, 0.15) is 18.3 Å². The average molecular weight is 394 g/mol. The number of hydrogen-bond acceptors (Lipinski definition) is 4. The molecular weight excluding hydrogens is 380 g/mol. The number of ether oxygens (including phenoxy) is 1. The summed E-state index contributed by atoms with van der Waals surface area (Å²) in [5, 5.41) is 4.38. The van der Waals surface area contributed by atoms with Crippen molar-refractivity contribution in [2.75, 3.05) is 0 Å². The van der Waals surface area contributed by atoms with Crippen molar-refractivity contribution in [3.63, 3.8) is 0 Å². The van der Waals surface area contributed by atoms with Gasteiger partial charge in [0.2, 0.25) is 0 Å². The van der Waals surface area contributed by atoms with Gasteiger partial charge < -0.3 is 4.74 Å². The summed E-state index contributed by atoms with van der Waals surface area (Å²) in [5.41, 5.74) is 1.84. The van der Waals surface area contributed by atoms with E-state index in [1.807, 2.05) is 18.5 Å². The molecule has 5 nitrogen and oxygen atoms in total. The summed E-state index contributed by atoms with van der Waals surface area (Å²) in [4.78, 5) is 0.0483. The van der Waals surface area contributed by atoms with Crippen molar-refractivity contribution in [2.45, 2.75) is 31.9 Å². The van der Waals surface area contributed by atoms with Crippen LogP contribution in [0.15, 0.2) is 33.6 Å². The Morgan fingerprint density at radius 1 is 1.33 bits per heavy atom. The lowest BCUT2D eigenvalue weighted by atomic mass is 10.3. The summed E-state index contributed by atoms with van der Waals surface area (Å²) in [6.45, 7) is 5.00. The molecule has 0 aliphatic heterocycles. The van der Waals surface area contributed by atoms with Gasteiger partial charge in [-0.25, -0.2) is 8.42 Å². The summed E-state index contributed by atoms with van der Waals surface area (Å²) < 4.78 is 30.8. The highest BCUT2D eigenvalue weighted by Gasteiger charge is 2.13. The molecule has 0 spiro atoms. The van der Waals surface area contributed by atoms with Crippen LogP contribution in [-0.2, 0) is 22.2 Å². The fourth-order valence-corrected chi connectivity index (χ4v) is 3.03. The number of halogens is 2. The second-order valence-corrected chi connectivity index (χ2v) is 7.72. The molecule has 0 saturated carbocycles. The Labute approximate surface area is 136 Å². The Hall–Kier alpha value is -1.05. The van der Waals surface area contributed by atoms with Crippen molar-refractivity contribution < 1.29 is 13.2 Å². The van der Waals surface area contributed by atoms with E-state index in [0.29, 0.717) is 12.4 Å². The van der Waals surface area contributed by atoms with E-state index in [9.17, 15) is 8.42 Å². The molecule has 2 rings (SSSR count). The van der Waals surface area contributed by atoms with Gasteiger partial charge in [0.1, 0.15) is 12.4 Å². The van der Waals surface area contributed by atoms with Crippen molar-refractivity contribution in [3.05, 3.63) is 40.1 Å². The smallest absolute Gasteiger partial charge is 0.261 e. The van der Waals surface area contributed by atoms with E-state index in [1.165, 1.54) is 12.1 Å². The van der Waals surface area contributed by atoms with Gasteiger partial charge in [0.15, 0.2) is 0 Å². The highest BCUT2D eigenvalue weighted by atomic mass is 79.9. The monoisotopic (exact) mass is 392 g/mol. The van der Waals surface area contributed by atoms with Gasteiger partial charge in [-0.15, -0.1) is 0 Å². The van der Waals surface area contributed by atoms with Crippen LogP contribution in [0, 0.1) is 6.92 Å². The number of rotatable bonds is 5. The number of benzene rings is 1. The Kier molecular flexibility index (Phi) is 4.95. The molecule has 1 aromatic heterocycles. The molecule has 0 aliphatic carbocycles. The molecule has 0 unspecified atom stereocenters. The topological polar surface area (TPSA) is 61.2 Å². The van der Waals surface area contributed by atoms with Crippen LogP contribution in [0.5, 0.6) is 5.75 Å². The van der Waals surface area contributed by atoms with Crippen molar-refractivity contribution in [2.24, 2.45) is 0 Å². The first-order valence-electron chi connectivity index (χ1n) is 6.22. The van der Waals surface area contributed by atoms with Crippen LogP contribution in [0.4, 0.5) is 0 Å². The molecule has 1 heterocycles. The number of nitrogens with zero attached hydrogens (tertiary/aromatic N) is 2. The molecule has 0 amide bonds. The minimum atomic E-state index is -3.71. The molecule has 0 radical (unpaired) electrons. The Bertz CT molecular complexity index is 742. The van der Waals surface area contributed by atoms with Crippen molar-refractivity contribution in [1.29, 1.82) is 0 Å². The first-order chi connectivity index (χ1) is 9.82. The Morgan fingerprint density at radius 3 is 2.48 bits per heavy atom. The normalized spacial score (nSPS) is 11.6. The summed E-state index contributed by atoms with van der Waals surface area (Å²) in [6.07, 6.45) is 0. The zero-order valence-electron chi connectivity index (χ0n) is 11.5. The second-order valence-electron chi connectivity index (χ2n) is 4.36. The SMILES string of the molecule is CCn1nc(C)c(Br)c1COc1ccc(S(=O)(=O)Cl)cc1. The number of hydrogen-bond donors (Lipinski definition) is 0. The summed E-state index contributed by atoms with van der Waals surface area (Å²) in [5.74, 6) is 0.562. The third-order valence-corrected chi connectivity index (χ3v) is 5.33. The van der Waals surface area contributed by atoms with Gasteiger partial charge >= 0.3 is 0 Å². The predicted octanol–water partition coefficient (Wildman–Crippen LogP) is 3.48. The molecule has 21 heavy (non-hydrogen) atoms. The first-order valence-corrected chi connectivity index (χ1v) is 9.32. The van der Waals surface area contributed by atoms with E-state index < -0.39 is 9.05 Å². The van der Waals surface area contributed by atoms with Gasteiger partial charge in [-0.3, -0.25) is 4.68 Å². The lowest BCUT2D eigenvalue weighted by Gasteiger charge is -2.08. The maximum absolute atomic E-state index is 11.2. The first kappa shape index (κ1) is 16.3. The quantitative estimate of drug-likeness (QED) is 0.730. The van der Waals surface area contributed by atoms with Crippen molar-refractivity contribution >= 4 is 35.7 Å². The third kappa shape index (κ3) is 3.78. The van der Waals surface area contributed by atoms with Gasteiger partial charge in [-0.2, -0.15) is 5.10 Å². The fraction of sp³-hybridized carbons (Fsp3) is 0.308. The van der Waals surface area contributed by atoms with E-state index >= 15 is 0 Å². The fourth-order valence-electron chi connectivity index (χ4n) is 1.86. The van der Waals surface area contributed by atoms with Gasteiger partial charge in [0, 0.05) is 17.2 Å². The van der Waals surface area contributed by atoms with Crippen LogP contribution in [-0.4, -0.2) is 18.2 Å². The molecule has 8 heteroatoms. The van der Waals surface area contributed by atoms with E-state index in [2.05, 4.69) is 21.0 Å². The highest BCUT2D eigenvalue weighted by molar-refractivity contribution is 9.10. The standard InChI is InChI=1S/C13H14BrClN2O3S/c1-3-17-12(13(14)9(2)16-17)8-20-10-4-6-11(7-5-10)21(15,18)19/h4-7H,3,8H2,1-2H3. The zero-order valence-corrected chi connectivity index (χ0v) is 14.7. The average Bonchev–Trinajstić information content (AvgIpc) is 2.71. The molecule has 114 valence electrons. The molecule has 2 aromatic rings. The maximum atomic E-state index is 11.2. The molecular formula is C13H14BrClN2O3S. The van der Waals surface area contributed by atoms with Crippen molar-refractivity contribution in [3.8, 4) is 5.75 Å². The summed E-state index contributed by atoms with van der Waals surface area (Å²) in [7, 11) is 1.55. The Balaban J connectivity index is 2.14.